The molecule has 2 aromatic carbocycles. The Morgan fingerprint density at radius 1 is 1.06 bits per heavy atom. The molecule has 0 radical (unpaired) electrons. The largest absolute Gasteiger partial charge is 0.460 e. The SMILES string of the molecule is CC1=C(C(=O)OC(C)C)[C@H](c2ccc(Br)cc2)C2=C(C[C@@H](c3ccc(Cl)cc3)CC2=O)N1. The number of nitrogens with one attached hydrogen (secondary N) is 1. The number of esters is 1. The molecule has 0 bridgehead atoms. The fraction of sp³-hybridized carbons (Fsp3) is 0.308. The van der Waals surface area contributed by atoms with E-state index in [1.54, 1.807) is 0 Å². The maximum absolute atomic E-state index is 13.5. The fourth-order valence-electron chi connectivity index (χ4n) is 4.55. The van der Waals surface area contributed by atoms with Gasteiger partial charge in [-0.3, -0.25) is 4.79 Å². The Kier molecular flexibility index (Phi) is 6.59. The lowest BCUT2D eigenvalue weighted by Gasteiger charge is -2.37. The Morgan fingerprint density at radius 3 is 2.31 bits per heavy atom. The second-order valence-corrected chi connectivity index (χ2v) is 9.93. The van der Waals surface area contributed by atoms with Crippen LogP contribution in [0.1, 0.15) is 56.6 Å². The summed E-state index contributed by atoms with van der Waals surface area (Å²) in [4.78, 5) is 26.6. The molecule has 4 rings (SSSR count). The first-order chi connectivity index (χ1) is 15.2. The van der Waals surface area contributed by atoms with Gasteiger partial charge in [-0.25, -0.2) is 4.79 Å². The molecule has 1 heterocycles. The van der Waals surface area contributed by atoms with Crippen LogP contribution >= 0.6 is 27.5 Å². The van der Waals surface area contributed by atoms with E-state index in [1.807, 2.05) is 69.3 Å². The molecular weight excluding hydrogens is 490 g/mol. The summed E-state index contributed by atoms with van der Waals surface area (Å²) in [7, 11) is 0. The molecule has 32 heavy (non-hydrogen) atoms. The van der Waals surface area contributed by atoms with E-state index in [9.17, 15) is 9.59 Å². The average molecular weight is 515 g/mol. The number of hydrogen-bond acceptors (Lipinski definition) is 4. The van der Waals surface area contributed by atoms with Crippen molar-refractivity contribution in [3.63, 3.8) is 0 Å². The Labute approximate surface area is 201 Å². The number of hydrogen-bond donors (Lipinski definition) is 1. The summed E-state index contributed by atoms with van der Waals surface area (Å²) in [6.07, 6.45) is 0.834. The van der Waals surface area contributed by atoms with Gasteiger partial charge in [-0.05, 0) is 68.5 Å². The van der Waals surface area contributed by atoms with Gasteiger partial charge < -0.3 is 10.1 Å². The molecule has 0 saturated heterocycles. The molecule has 0 unspecified atom stereocenters. The van der Waals surface area contributed by atoms with E-state index in [0.29, 0.717) is 29.0 Å². The number of Topliss-reactive ketones (excluding diaryl/α,β-unsaturated/α-hetero) is 1. The van der Waals surface area contributed by atoms with Crippen molar-refractivity contribution < 1.29 is 14.3 Å². The third-order valence-electron chi connectivity index (χ3n) is 5.93. The van der Waals surface area contributed by atoms with E-state index in [2.05, 4.69) is 21.2 Å². The highest BCUT2D eigenvalue weighted by atomic mass is 79.9. The highest BCUT2D eigenvalue weighted by Crippen LogP contribution is 2.46. The molecule has 1 aliphatic carbocycles. The van der Waals surface area contributed by atoms with Crippen molar-refractivity contribution in [1.29, 1.82) is 0 Å². The quantitative estimate of drug-likeness (QED) is 0.479. The number of carbonyl (C=O) groups is 2. The molecule has 1 aliphatic heterocycles. The van der Waals surface area contributed by atoms with Crippen LogP contribution in [0.4, 0.5) is 0 Å². The van der Waals surface area contributed by atoms with Gasteiger partial charge in [0.2, 0.25) is 0 Å². The molecule has 0 amide bonds. The van der Waals surface area contributed by atoms with Gasteiger partial charge in [0, 0.05) is 38.8 Å². The number of halogens is 2. The summed E-state index contributed by atoms with van der Waals surface area (Å²) in [5.74, 6) is -0.733. The standard InChI is InChI=1S/C26H25BrClNO3/c1-14(2)32-26(31)23-15(3)29-21-12-18(16-6-10-20(28)11-7-16)13-22(30)25(21)24(23)17-4-8-19(27)9-5-17/h4-11,14,18,24,29H,12-13H2,1-3H3/t18-,24+/m1/s1. The average Bonchev–Trinajstić information content (AvgIpc) is 2.73. The van der Waals surface area contributed by atoms with E-state index >= 15 is 0 Å². The first kappa shape index (κ1) is 22.8. The van der Waals surface area contributed by atoms with Crippen LogP contribution < -0.4 is 5.32 Å². The number of carbonyl (C=O) groups excluding carboxylic acids is 2. The Morgan fingerprint density at radius 2 is 1.69 bits per heavy atom. The summed E-state index contributed by atoms with van der Waals surface area (Å²) in [6.45, 7) is 5.53. The topological polar surface area (TPSA) is 55.4 Å². The number of rotatable bonds is 4. The zero-order valence-corrected chi connectivity index (χ0v) is 20.6. The predicted octanol–water partition coefficient (Wildman–Crippen LogP) is 6.42. The van der Waals surface area contributed by atoms with Crippen LogP contribution in [0.3, 0.4) is 0 Å². The number of dihydropyridines is 1. The minimum absolute atomic E-state index is 0.0500. The highest BCUT2D eigenvalue weighted by Gasteiger charge is 2.41. The summed E-state index contributed by atoms with van der Waals surface area (Å²) in [6, 6.07) is 15.5. The van der Waals surface area contributed by atoms with Gasteiger partial charge >= 0.3 is 5.97 Å². The smallest absolute Gasteiger partial charge is 0.337 e. The molecule has 0 aromatic heterocycles. The molecule has 6 heteroatoms. The number of benzene rings is 2. The van der Waals surface area contributed by atoms with Crippen LogP contribution in [0.15, 0.2) is 75.5 Å². The van der Waals surface area contributed by atoms with Gasteiger partial charge in [0.1, 0.15) is 0 Å². The summed E-state index contributed by atoms with van der Waals surface area (Å²) in [5, 5.41) is 4.05. The summed E-state index contributed by atoms with van der Waals surface area (Å²) in [5.41, 5.74) is 4.76. The molecule has 0 saturated carbocycles. The fourth-order valence-corrected chi connectivity index (χ4v) is 4.94. The third kappa shape index (κ3) is 4.55. The lowest BCUT2D eigenvalue weighted by molar-refractivity contribution is -0.143. The molecule has 1 N–H and O–H groups in total. The molecule has 0 fully saturated rings. The Balaban J connectivity index is 1.78. The van der Waals surface area contributed by atoms with E-state index < -0.39 is 11.9 Å². The van der Waals surface area contributed by atoms with Gasteiger partial charge in [-0.15, -0.1) is 0 Å². The van der Waals surface area contributed by atoms with E-state index in [-0.39, 0.29) is 17.8 Å². The van der Waals surface area contributed by atoms with Crippen LogP contribution in [0, 0.1) is 0 Å². The van der Waals surface area contributed by atoms with Crippen molar-refractivity contribution in [1.82, 2.24) is 5.32 Å². The van der Waals surface area contributed by atoms with Gasteiger partial charge in [0.25, 0.3) is 0 Å². The van der Waals surface area contributed by atoms with Crippen molar-refractivity contribution in [2.24, 2.45) is 0 Å². The Bertz CT molecular complexity index is 1120. The maximum Gasteiger partial charge on any atom is 0.337 e. The molecule has 4 nitrogen and oxygen atoms in total. The molecule has 2 aromatic rings. The molecule has 166 valence electrons. The van der Waals surface area contributed by atoms with Crippen LogP contribution in [-0.4, -0.2) is 17.9 Å². The second kappa shape index (κ2) is 9.24. The van der Waals surface area contributed by atoms with Crippen LogP contribution in [-0.2, 0) is 14.3 Å². The van der Waals surface area contributed by atoms with Gasteiger partial charge in [0.15, 0.2) is 5.78 Å². The van der Waals surface area contributed by atoms with Gasteiger partial charge in [-0.1, -0.05) is 51.8 Å². The predicted molar refractivity (Wildman–Crippen MR) is 129 cm³/mol. The van der Waals surface area contributed by atoms with E-state index in [0.717, 1.165) is 27.0 Å². The van der Waals surface area contributed by atoms with Gasteiger partial charge in [0.05, 0.1) is 11.7 Å². The van der Waals surface area contributed by atoms with Crippen LogP contribution in [0.5, 0.6) is 0 Å². The van der Waals surface area contributed by atoms with Crippen molar-refractivity contribution in [2.45, 2.75) is 51.6 Å². The molecule has 2 atom stereocenters. The van der Waals surface area contributed by atoms with E-state index in [4.69, 9.17) is 16.3 Å². The number of ether oxygens (including phenoxy) is 1. The van der Waals surface area contributed by atoms with Gasteiger partial charge in [-0.2, -0.15) is 0 Å². The minimum atomic E-state index is -0.454. The summed E-state index contributed by atoms with van der Waals surface area (Å²) >= 11 is 9.52. The van der Waals surface area contributed by atoms with Crippen LogP contribution in [0.25, 0.3) is 0 Å². The molecular formula is C26H25BrClNO3. The van der Waals surface area contributed by atoms with Crippen LogP contribution in [0.2, 0.25) is 5.02 Å². The maximum atomic E-state index is 13.5. The third-order valence-corrected chi connectivity index (χ3v) is 6.72. The zero-order valence-electron chi connectivity index (χ0n) is 18.2. The van der Waals surface area contributed by atoms with Crippen molar-refractivity contribution in [3.8, 4) is 0 Å². The zero-order chi connectivity index (χ0) is 23.0. The molecule has 0 spiro atoms. The van der Waals surface area contributed by atoms with Crippen molar-refractivity contribution in [2.75, 3.05) is 0 Å². The number of allylic oxidation sites excluding steroid dienone is 3. The monoisotopic (exact) mass is 513 g/mol. The lowest BCUT2D eigenvalue weighted by Crippen LogP contribution is -2.36. The minimum Gasteiger partial charge on any atom is -0.460 e. The van der Waals surface area contributed by atoms with Crippen molar-refractivity contribution in [3.05, 3.63) is 91.7 Å². The normalized spacial score (nSPS) is 20.9. The lowest BCUT2D eigenvalue weighted by atomic mass is 9.72. The molecule has 2 aliphatic rings. The first-order valence-electron chi connectivity index (χ1n) is 10.7. The number of ketones is 1. The highest BCUT2D eigenvalue weighted by molar-refractivity contribution is 9.10. The Hall–Kier alpha value is -2.37. The summed E-state index contributed by atoms with van der Waals surface area (Å²) < 4.78 is 6.50. The second-order valence-electron chi connectivity index (χ2n) is 8.57. The first-order valence-corrected chi connectivity index (χ1v) is 11.9. The van der Waals surface area contributed by atoms with Crippen molar-refractivity contribution >= 4 is 39.3 Å². The van der Waals surface area contributed by atoms with E-state index in [1.165, 1.54) is 0 Å².